The number of hydrogen-bond acceptors (Lipinski definition) is 1. The van der Waals surface area contributed by atoms with Crippen LogP contribution in [0.4, 0.5) is 0 Å². The molecule has 0 spiro atoms. The van der Waals surface area contributed by atoms with Crippen molar-refractivity contribution in [2.24, 2.45) is 0 Å². The van der Waals surface area contributed by atoms with E-state index in [1.54, 1.807) is 0 Å². The van der Waals surface area contributed by atoms with Crippen LogP contribution in [-0.4, -0.2) is 65.2 Å². The minimum atomic E-state index is 0. The van der Waals surface area contributed by atoms with Crippen LogP contribution in [0.1, 0.15) is 71.6 Å². The van der Waals surface area contributed by atoms with Gasteiger partial charge in [0, 0.05) is 0 Å². The normalized spacial score (nSPS) is 11.1. The fourth-order valence-electron chi connectivity index (χ4n) is 2.43. The molecule has 1 aromatic carbocycles. The summed E-state index contributed by atoms with van der Waals surface area (Å²) in [6.45, 7) is 4.51. The molecular weight excluding hydrogens is 278 g/mol. The molecule has 1 nitrogen and oxygen atoms in total. The molecule has 0 N–H and O–H groups in total. The number of ether oxygens (including phenoxy) is 1. The zero-order chi connectivity index (χ0) is 13.8. The zero-order valence-corrected chi connectivity index (χ0v) is 12.7. The van der Waals surface area contributed by atoms with Crippen molar-refractivity contribution in [2.75, 3.05) is 0 Å². The zero-order valence-electron chi connectivity index (χ0n) is 12.7. The first-order chi connectivity index (χ1) is 9.36. The molecule has 0 aliphatic rings. The minimum absolute atomic E-state index is 0. The summed E-state index contributed by atoms with van der Waals surface area (Å²) in [5, 5.41) is 0. The first-order valence-corrected chi connectivity index (χ1v) is 8.08. The predicted molar refractivity (Wildman–Crippen MR) is 98.1 cm³/mol. The SMILES string of the molecule is CCCCCCCCC(CCC)Oc1ccccc1.[NaH].[NaH]. The maximum absolute atomic E-state index is 6.08. The summed E-state index contributed by atoms with van der Waals surface area (Å²) in [5.41, 5.74) is 0. The Labute approximate surface area is 176 Å². The molecule has 0 bridgehead atoms. The molecule has 3 heteroatoms. The molecule has 0 aliphatic heterocycles. The topological polar surface area (TPSA) is 9.23 Å². The standard InChI is InChI=1S/C18H30O.2Na.2H/c1-3-5-6-7-8-10-14-17(13-4-2)19-18-15-11-9-12-16-18;;;;/h9,11-12,15-17H,3-8,10,13-14H2,1-2H3;;;;. The summed E-state index contributed by atoms with van der Waals surface area (Å²) >= 11 is 0. The number of unbranched alkanes of at least 4 members (excludes halogenated alkanes) is 5. The van der Waals surface area contributed by atoms with Crippen LogP contribution >= 0.6 is 0 Å². The van der Waals surface area contributed by atoms with E-state index in [0.29, 0.717) is 6.10 Å². The van der Waals surface area contributed by atoms with E-state index in [1.165, 1.54) is 57.8 Å². The molecule has 0 saturated carbocycles. The molecule has 21 heavy (non-hydrogen) atoms. The molecule has 0 aliphatic carbocycles. The van der Waals surface area contributed by atoms with E-state index >= 15 is 0 Å². The molecule has 0 heterocycles. The van der Waals surface area contributed by atoms with E-state index in [-0.39, 0.29) is 59.1 Å². The molecule has 112 valence electrons. The van der Waals surface area contributed by atoms with Gasteiger partial charge in [0.15, 0.2) is 0 Å². The Morgan fingerprint density at radius 2 is 1.38 bits per heavy atom. The fraction of sp³-hybridized carbons (Fsp3) is 0.667. The summed E-state index contributed by atoms with van der Waals surface area (Å²) in [5.74, 6) is 1.02. The number of hydrogen-bond donors (Lipinski definition) is 0. The number of benzene rings is 1. The van der Waals surface area contributed by atoms with Crippen LogP contribution in [-0.2, 0) is 0 Å². The number of para-hydroxylation sites is 1. The van der Waals surface area contributed by atoms with E-state index in [2.05, 4.69) is 26.0 Å². The third-order valence-electron chi connectivity index (χ3n) is 3.54. The van der Waals surface area contributed by atoms with E-state index < -0.39 is 0 Å². The molecule has 1 rings (SSSR count). The molecule has 0 fully saturated rings. The van der Waals surface area contributed by atoms with Gasteiger partial charge in [-0.05, 0) is 31.4 Å². The van der Waals surface area contributed by atoms with Gasteiger partial charge in [-0.2, -0.15) is 0 Å². The van der Waals surface area contributed by atoms with Gasteiger partial charge < -0.3 is 4.74 Å². The Balaban J connectivity index is 0. The Morgan fingerprint density at radius 3 is 2.00 bits per heavy atom. The molecule has 0 aromatic heterocycles. The van der Waals surface area contributed by atoms with Gasteiger partial charge in [0.2, 0.25) is 0 Å². The first-order valence-electron chi connectivity index (χ1n) is 8.08. The van der Waals surface area contributed by atoms with Crippen LogP contribution in [0.2, 0.25) is 0 Å². The van der Waals surface area contributed by atoms with Crippen molar-refractivity contribution in [2.45, 2.75) is 77.7 Å². The second-order valence-corrected chi connectivity index (χ2v) is 5.40. The van der Waals surface area contributed by atoms with Gasteiger partial charge in [-0.15, -0.1) is 0 Å². The monoisotopic (exact) mass is 310 g/mol. The van der Waals surface area contributed by atoms with Gasteiger partial charge in [0.25, 0.3) is 0 Å². The average Bonchev–Trinajstić information content (AvgIpc) is 2.44. The van der Waals surface area contributed by atoms with Gasteiger partial charge in [0.05, 0.1) is 6.10 Å². The van der Waals surface area contributed by atoms with Crippen LogP contribution in [0.15, 0.2) is 30.3 Å². The number of rotatable bonds is 11. The average molecular weight is 310 g/mol. The van der Waals surface area contributed by atoms with Gasteiger partial charge in [-0.3, -0.25) is 0 Å². The van der Waals surface area contributed by atoms with Crippen LogP contribution in [0, 0.1) is 0 Å². The van der Waals surface area contributed by atoms with E-state index in [1.807, 2.05) is 18.2 Å². The van der Waals surface area contributed by atoms with Crippen LogP contribution in [0.25, 0.3) is 0 Å². The van der Waals surface area contributed by atoms with Crippen molar-refractivity contribution in [3.05, 3.63) is 30.3 Å². The van der Waals surface area contributed by atoms with Crippen LogP contribution < -0.4 is 4.74 Å². The Bertz CT molecular complexity index is 303. The molecule has 0 amide bonds. The first kappa shape index (κ1) is 24.3. The molecule has 0 saturated heterocycles. The second kappa shape index (κ2) is 17.4. The molecule has 1 aromatic rings. The van der Waals surface area contributed by atoms with Crippen molar-refractivity contribution in [1.29, 1.82) is 0 Å². The summed E-state index contributed by atoms with van der Waals surface area (Å²) < 4.78 is 6.08. The molecule has 0 radical (unpaired) electrons. The quantitative estimate of drug-likeness (QED) is 0.426. The third-order valence-corrected chi connectivity index (χ3v) is 3.54. The third kappa shape index (κ3) is 13.2. The van der Waals surface area contributed by atoms with Crippen molar-refractivity contribution in [3.8, 4) is 5.75 Å². The van der Waals surface area contributed by atoms with Gasteiger partial charge in [-0.25, -0.2) is 0 Å². The predicted octanol–water partition coefficient (Wildman–Crippen LogP) is 4.69. The van der Waals surface area contributed by atoms with Gasteiger partial charge >= 0.3 is 59.1 Å². The fourth-order valence-corrected chi connectivity index (χ4v) is 2.43. The van der Waals surface area contributed by atoms with Crippen molar-refractivity contribution < 1.29 is 4.74 Å². The maximum atomic E-state index is 6.08. The van der Waals surface area contributed by atoms with Crippen molar-refractivity contribution >= 4 is 59.1 Å². The van der Waals surface area contributed by atoms with Crippen LogP contribution in [0.5, 0.6) is 5.75 Å². The Morgan fingerprint density at radius 1 is 0.762 bits per heavy atom. The summed E-state index contributed by atoms with van der Waals surface area (Å²) in [4.78, 5) is 0. The summed E-state index contributed by atoms with van der Waals surface area (Å²) in [6.07, 6.45) is 12.1. The molecular formula is C18H32Na2O. The van der Waals surface area contributed by atoms with E-state index in [0.717, 1.165) is 5.75 Å². The Kier molecular flexibility index (Phi) is 20.1. The van der Waals surface area contributed by atoms with Gasteiger partial charge in [-0.1, -0.05) is 70.6 Å². The summed E-state index contributed by atoms with van der Waals surface area (Å²) in [6, 6.07) is 10.2. The molecule has 1 atom stereocenters. The Hall–Kier alpha value is 1.02. The van der Waals surface area contributed by atoms with Crippen LogP contribution in [0.3, 0.4) is 0 Å². The van der Waals surface area contributed by atoms with Crippen molar-refractivity contribution in [3.63, 3.8) is 0 Å². The summed E-state index contributed by atoms with van der Waals surface area (Å²) in [7, 11) is 0. The van der Waals surface area contributed by atoms with Crippen molar-refractivity contribution in [1.82, 2.24) is 0 Å². The van der Waals surface area contributed by atoms with E-state index in [9.17, 15) is 0 Å². The van der Waals surface area contributed by atoms with E-state index in [4.69, 9.17) is 4.74 Å². The molecule has 1 unspecified atom stereocenters. The second-order valence-electron chi connectivity index (χ2n) is 5.40. The van der Waals surface area contributed by atoms with Gasteiger partial charge in [0.1, 0.15) is 5.75 Å².